The second-order valence-corrected chi connectivity index (χ2v) is 5.00. The zero-order valence-electron chi connectivity index (χ0n) is 9.62. The van der Waals surface area contributed by atoms with Crippen molar-refractivity contribution in [1.29, 1.82) is 0 Å². The Bertz CT molecular complexity index is 413. The number of nitrogens with zero attached hydrogens (tertiary/aromatic N) is 2. The fourth-order valence-corrected chi connectivity index (χ4v) is 2.43. The van der Waals surface area contributed by atoms with Crippen molar-refractivity contribution in [2.24, 2.45) is 0 Å². The Morgan fingerprint density at radius 3 is 2.82 bits per heavy atom. The normalized spacial score (nSPS) is 12.5. The van der Waals surface area contributed by atoms with E-state index in [1.54, 1.807) is 24.3 Å². The number of hydrogen-bond donors (Lipinski definition) is 0. The minimum absolute atomic E-state index is 0.0254. The zero-order chi connectivity index (χ0) is 11.9. The molecule has 1 radical (unpaired) electrons. The van der Waals surface area contributed by atoms with Crippen molar-refractivity contribution in [3.63, 3.8) is 0 Å². The van der Waals surface area contributed by atoms with E-state index < -0.39 is 0 Å². The summed E-state index contributed by atoms with van der Waals surface area (Å²) in [6, 6.07) is 10.2. The van der Waals surface area contributed by atoms with Crippen molar-refractivity contribution in [2.45, 2.75) is 23.9 Å². The smallest absolute Gasteiger partial charge is 0.0945 e. The third-order valence-corrected chi connectivity index (χ3v) is 3.66. The van der Waals surface area contributed by atoms with Crippen LogP contribution < -0.4 is 5.73 Å². The second kappa shape index (κ2) is 6.47. The van der Waals surface area contributed by atoms with Gasteiger partial charge in [0.15, 0.2) is 0 Å². The van der Waals surface area contributed by atoms with Crippen LogP contribution in [-0.2, 0) is 6.54 Å². The first-order valence-electron chi connectivity index (χ1n) is 5.69. The van der Waals surface area contributed by atoms with E-state index in [-0.39, 0.29) is 6.04 Å². The SMILES string of the molecule is [NH][C@H](CCn1ccnc1)CSc1ccccc1. The lowest BCUT2D eigenvalue weighted by atomic mass is 10.2. The van der Waals surface area contributed by atoms with Crippen LogP contribution in [-0.4, -0.2) is 21.3 Å². The van der Waals surface area contributed by atoms with Crippen LogP contribution in [0.15, 0.2) is 53.9 Å². The summed E-state index contributed by atoms with van der Waals surface area (Å²) in [5, 5.41) is 0. The quantitative estimate of drug-likeness (QED) is 0.735. The number of nitrogens with one attached hydrogen (secondary N) is 1. The average molecular weight is 246 g/mol. The molecule has 17 heavy (non-hydrogen) atoms. The van der Waals surface area contributed by atoms with E-state index in [1.807, 2.05) is 29.0 Å². The number of aromatic nitrogens is 2. The van der Waals surface area contributed by atoms with Crippen LogP contribution in [0.5, 0.6) is 0 Å². The minimum Gasteiger partial charge on any atom is -0.337 e. The molecule has 89 valence electrons. The first-order chi connectivity index (χ1) is 8.34. The van der Waals surface area contributed by atoms with E-state index in [0.717, 1.165) is 18.7 Å². The van der Waals surface area contributed by atoms with Crippen LogP contribution in [0.4, 0.5) is 0 Å². The van der Waals surface area contributed by atoms with Crippen LogP contribution in [0.25, 0.3) is 0 Å². The maximum absolute atomic E-state index is 7.97. The predicted octanol–water partition coefficient (Wildman–Crippen LogP) is 2.72. The monoisotopic (exact) mass is 246 g/mol. The van der Waals surface area contributed by atoms with Crippen molar-refractivity contribution < 1.29 is 0 Å². The number of hydrogen-bond acceptors (Lipinski definition) is 2. The predicted molar refractivity (Wildman–Crippen MR) is 70.9 cm³/mol. The Labute approximate surface area is 106 Å². The number of rotatable bonds is 6. The van der Waals surface area contributed by atoms with E-state index >= 15 is 0 Å². The Hall–Kier alpha value is -1.26. The van der Waals surface area contributed by atoms with Gasteiger partial charge in [0, 0.05) is 35.6 Å². The molecule has 0 aliphatic heterocycles. The summed E-state index contributed by atoms with van der Waals surface area (Å²) in [5.74, 6) is 0.846. The summed E-state index contributed by atoms with van der Waals surface area (Å²) in [4.78, 5) is 5.23. The highest BCUT2D eigenvalue weighted by molar-refractivity contribution is 7.99. The van der Waals surface area contributed by atoms with Gasteiger partial charge in [-0.1, -0.05) is 18.2 Å². The van der Waals surface area contributed by atoms with Crippen molar-refractivity contribution in [1.82, 2.24) is 15.3 Å². The molecule has 1 aromatic carbocycles. The van der Waals surface area contributed by atoms with Gasteiger partial charge in [0.1, 0.15) is 0 Å². The molecule has 4 heteroatoms. The highest BCUT2D eigenvalue weighted by atomic mass is 32.2. The van der Waals surface area contributed by atoms with Gasteiger partial charge in [0.05, 0.1) is 6.33 Å². The maximum Gasteiger partial charge on any atom is 0.0945 e. The summed E-state index contributed by atoms with van der Waals surface area (Å²) in [7, 11) is 0. The largest absolute Gasteiger partial charge is 0.337 e. The topological polar surface area (TPSA) is 41.6 Å². The molecule has 3 nitrogen and oxygen atoms in total. The van der Waals surface area contributed by atoms with Gasteiger partial charge in [-0.05, 0) is 18.6 Å². The van der Waals surface area contributed by atoms with Crippen LogP contribution >= 0.6 is 11.8 Å². The summed E-state index contributed by atoms with van der Waals surface area (Å²) in [6.07, 6.45) is 6.39. The Morgan fingerprint density at radius 2 is 2.12 bits per heavy atom. The van der Waals surface area contributed by atoms with Gasteiger partial charge in [0.2, 0.25) is 0 Å². The van der Waals surface area contributed by atoms with Crippen LogP contribution in [0.2, 0.25) is 0 Å². The fourth-order valence-electron chi connectivity index (χ4n) is 1.52. The van der Waals surface area contributed by atoms with Crippen molar-refractivity contribution in [3.8, 4) is 0 Å². The van der Waals surface area contributed by atoms with E-state index in [1.165, 1.54) is 4.90 Å². The first kappa shape index (κ1) is 12.2. The van der Waals surface area contributed by atoms with Gasteiger partial charge in [-0.2, -0.15) is 0 Å². The first-order valence-corrected chi connectivity index (χ1v) is 6.68. The number of aryl methyl sites for hydroxylation is 1. The Kier molecular flexibility index (Phi) is 4.64. The lowest BCUT2D eigenvalue weighted by molar-refractivity contribution is 0.565. The van der Waals surface area contributed by atoms with Crippen LogP contribution in [0, 0.1) is 0 Å². The van der Waals surface area contributed by atoms with E-state index in [2.05, 4.69) is 17.1 Å². The van der Waals surface area contributed by atoms with Gasteiger partial charge in [-0.3, -0.25) is 5.73 Å². The molecular weight excluding hydrogens is 230 g/mol. The Morgan fingerprint density at radius 1 is 1.29 bits per heavy atom. The van der Waals surface area contributed by atoms with E-state index in [4.69, 9.17) is 5.73 Å². The van der Waals surface area contributed by atoms with Gasteiger partial charge >= 0.3 is 0 Å². The molecule has 0 fully saturated rings. The van der Waals surface area contributed by atoms with Crippen molar-refractivity contribution in [3.05, 3.63) is 49.1 Å². The lowest BCUT2D eigenvalue weighted by Crippen LogP contribution is -2.15. The summed E-state index contributed by atoms with van der Waals surface area (Å²) < 4.78 is 2.02. The van der Waals surface area contributed by atoms with E-state index in [0.29, 0.717) is 0 Å². The minimum atomic E-state index is -0.0254. The second-order valence-electron chi connectivity index (χ2n) is 3.91. The molecule has 0 unspecified atom stereocenters. The molecule has 1 aromatic heterocycles. The lowest BCUT2D eigenvalue weighted by Gasteiger charge is -2.10. The average Bonchev–Trinajstić information content (AvgIpc) is 2.88. The summed E-state index contributed by atoms with van der Waals surface area (Å²) >= 11 is 1.75. The third-order valence-electron chi connectivity index (χ3n) is 2.49. The maximum atomic E-state index is 7.97. The molecule has 0 amide bonds. The van der Waals surface area contributed by atoms with Gasteiger partial charge in [0.25, 0.3) is 0 Å². The molecule has 2 aromatic rings. The molecule has 0 spiro atoms. The molecule has 2 rings (SSSR count). The summed E-state index contributed by atoms with van der Waals surface area (Å²) in [5.41, 5.74) is 7.97. The van der Waals surface area contributed by atoms with E-state index in [9.17, 15) is 0 Å². The number of thioether (sulfide) groups is 1. The molecule has 1 N–H and O–H groups in total. The molecule has 0 saturated carbocycles. The molecule has 0 bridgehead atoms. The fraction of sp³-hybridized carbons (Fsp3) is 0.308. The standard InChI is InChI=1S/C13H16N3S/c14-12(6-8-16-9-7-15-11-16)10-17-13-4-2-1-3-5-13/h1-5,7,9,11-12,14H,6,8,10H2/t12-/m1/s1. The number of benzene rings is 1. The molecule has 0 aliphatic carbocycles. The molecule has 1 atom stereocenters. The van der Waals surface area contributed by atoms with Gasteiger partial charge in [-0.25, -0.2) is 4.98 Å². The molecule has 0 aliphatic rings. The van der Waals surface area contributed by atoms with Crippen molar-refractivity contribution >= 4 is 11.8 Å². The number of imidazole rings is 1. The van der Waals surface area contributed by atoms with Crippen LogP contribution in [0.3, 0.4) is 0 Å². The van der Waals surface area contributed by atoms with Gasteiger partial charge < -0.3 is 4.57 Å². The molecule has 1 heterocycles. The highest BCUT2D eigenvalue weighted by Crippen LogP contribution is 2.18. The molecule has 0 saturated heterocycles. The molecular formula is C13H16N3S. The Balaban J connectivity index is 1.69. The van der Waals surface area contributed by atoms with Crippen LogP contribution in [0.1, 0.15) is 6.42 Å². The zero-order valence-corrected chi connectivity index (χ0v) is 10.4. The van der Waals surface area contributed by atoms with Gasteiger partial charge in [-0.15, -0.1) is 11.8 Å². The highest BCUT2D eigenvalue weighted by Gasteiger charge is 2.04. The third kappa shape index (κ3) is 4.24. The van der Waals surface area contributed by atoms with Crippen molar-refractivity contribution in [2.75, 3.05) is 5.75 Å². The summed E-state index contributed by atoms with van der Waals surface area (Å²) in [6.45, 7) is 0.878.